The van der Waals surface area contributed by atoms with E-state index in [9.17, 15) is 9.18 Å². The Bertz CT molecular complexity index is 794. The molecular formula is C19H17ClFNO2. The summed E-state index contributed by atoms with van der Waals surface area (Å²) in [5.41, 5.74) is 0.785. The summed E-state index contributed by atoms with van der Waals surface area (Å²) in [6.45, 7) is 3.64. The van der Waals surface area contributed by atoms with E-state index >= 15 is 0 Å². The molecule has 24 heavy (non-hydrogen) atoms. The monoisotopic (exact) mass is 346 g/mol. The number of ether oxygens (including phenoxy) is 1. The summed E-state index contributed by atoms with van der Waals surface area (Å²) >= 11 is 5.83. The molecule has 0 aromatic heterocycles. The Kier molecular flexibility index (Phi) is 5.75. The third kappa shape index (κ3) is 4.30. The van der Waals surface area contributed by atoms with Gasteiger partial charge in [0.1, 0.15) is 5.82 Å². The normalized spacial score (nSPS) is 15.4. The minimum atomic E-state index is -2.11. The highest BCUT2D eigenvalue weighted by atomic mass is 35.5. The van der Waals surface area contributed by atoms with Gasteiger partial charge < -0.3 is 4.74 Å². The molecule has 0 fully saturated rings. The SMILES string of the molecule is [2H][C@@](N=Cc1ccc(Cl)cc1)(C(=O)OC)[C@H](C=C)c1ccccc1F. The van der Waals surface area contributed by atoms with E-state index in [0.717, 1.165) is 7.11 Å². The lowest BCUT2D eigenvalue weighted by Gasteiger charge is -2.20. The summed E-state index contributed by atoms with van der Waals surface area (Å²) in [7, 11) is 1.16. The minimum absolute atomic E-state index is 0.145. The molecule has 0 radical (unpaired) electrons. The number of esters is 1. The molecule has 2 atom stereocenters. The highest BCUT2D eigenvalue weighted by molar-refractivity contribution is 6.30. The maximum atomic E-state index is 14.2. The van der Waals surface area contributed by atoms with E-state index < -0.39 is 23.7 Å². The molecule has 2 aromatic rings. The van der Waals surface area contributed by atoms with Gasteiger partial charge in [-0.15, -0.1) is 6.58 Å². The van der Waals surface area contributed by atoms with Crippen molar-refractivity contribution < 1.29 is 15.3 Å². The van der Waals surface area contributed by atoms with Gasteiger partial charge in [0.15, 0.2) is 6.02 Å². The molecule has 2 rings (SSSR count). The van der Waals surface area contributed by atoms with E-state index in [-0.39, 0.29) is 5.56 Å². The molecule has 0 heterocycles. The van der Waals surface area contributed by atoms with Crippen molar-refractivity contribution >= 4 is 23.8 Å². The number of carbonyl (C=O) groups excluding carboxylic acids is 1. The van der Waals surface area contributed by atoms with Crippen LogP contribution in [0, 0.1) is 5.82 Å². The number of halogens is 2. The van der Waals surface area contributed by atoms with Crippen molar-refractivity contribution in [2.75, 3.05) is 7.11 Å². The number of benzene rings is 2. The minimum Gasteiger partial charge on any atom is -0.467 e. The standard InChI is InChI=1S/C19H17ClFNO2/c1-3-15(16-6-4-5-7-17(16)21)18(19(23)24-2)22-12-13-8-10-14(20)11-9-13/h3-12,15,18H,1H2,2H3/t15-,18+/m1/s1/i18D. The Morgan fingerprint density at radius 1 is 1.33 bits per heavy atom. The number of rotatable bonds is 6. The Morgan fingerprint density at radius 2 is 2.00 bits per heavy atom. The first-order valence-corrected chi connectivity index (χ1v) is 7.56. The van der Waals surface area contributed by atoms with Gasteiger partial charge in [0.2, 0.25) is 0 Å². The van der Waals surface area contributed by atoms with Crippen LogP contribution < -0.4 is 0 Å². The highest BCUT2D eigenvalue weighted by Crippen LogP contribution is 2.26. The highest BCUT2D eigenvalue weighted by Gasteiger charge is 2.29. The molecule has 3 nitrogen and oxygen atoms in total. The zero-order chi connectivity index (χ0) is 18.4. The number of carbonyl (C=O) groups is 1. The number of aliphatic imine (C=N–C) groups is 1. The van der Waals surface area contributed by atoms with Crippen molar-refractivity contribution in [1.82, 2.24) is 0 Å². The number of hydrogen-bond donors (Lipinski definition) is 0. The first-order valence-electron chi connectivity index (χ1n) is 7.68. The summed E-state index contributed by atoms with van der Waals surface area (Å²) in [5, 5.41) is 0.553. The molecule has 0 saturated carbocycles. The molecule has 0 spiro atoms. The van der Waals surface area contributed by atoms with Gasteiger partial charge in [0.25, 0.3) is 0 Å². The third-order valence-corrected chi connectivity index (χ3v) is 3.64. The predicted octanol–water partition coefficient (Wildman–Crippen LogP) is 4.41. The third-order valence-electron chi connectivity index (χ3n) is 3.39. The summed E-state index contributed by atoms with van der Waals surface area (Å²) in [5.74, 6) is -2.48. The van der Waals surface area contributed by atoms with Crippen LogP contribution >= 0.6 is 11.6 Å². The van der Waals surface area contributed by atoms with Crippen molar-refractivity contribution in [3.63, 3.8) is 0 Å². The Balaban J connectivity index is 2.49. The number of methoxy groups -OCH3 is 1. The van der Waals surface area contributed by atoms with Crippen LogP contribution in [0.1, 0.15) is 18.4 Å². The van der Waals surface area contributed by atoms with Gasteiger partial charge in [0.05, 0.1) is 8.48 Å². The molecule has 124 valence electrons. The lowest BCUT2D eigenvalue weighted by Crippen LogP contribution is -2.27. The van der Waals surface area contributed by atoms with E-state index in [1.807, 2.05) is 0 Å². The van der Waals surface area contributed by atoms with E-state index in [2.05, 4.69) is 11.6 Å². The fraction of sp³-hybridized carbons (Fsp3) is 0.158. The zero-order valence-electron chi connectivity index (χ0n) is 14.1. The molecule has 0 unspecified atom stereocenters. The molecule has 0 aliphatic heterocycles. The molecule has 0 N–H and O–H groups in total. The second-order valence-corrected chi connectivity index (χ2v) is 5.36. The average Bonchev–Trinajstić information content (AvgIpc) is 2.62. The zero-order valence-corrected chi connectivity index (χ0v) is 13.8. The summed E-state index contributed by atoms with van der Waals surface area (Å²) < 4.78 is 27.5. The van der Waals surface area contributed by atoms with E-state index in [4.69, 9.17) is 17.7 Å². The lowest BCUT2D eigenvalue weighted by atomic mass is 9.91. The summed E-state index contributed by atoms with van der Waals surface area (Å²) in [6, 6.07) is 10.5. The largest absolute Gasteiger partial charge is 0.467 e. The summed E-state index contributed by atoms with van der Waals surface area (Å²) in [6.07, 6.45) is 2.68. The average molecular weight is 347 g/mol. The molecule has 5 heteroatoms. The fourth-order valence-corrected chi connectivity index (χ4v) is 2.30. The Hall–Kier alpha value is -2.46. The second kappa shape index (κ2) is 8.41. The first-order chi connectivity index (χ1) is 11.9. The first kappa shape index (κ1) is 16.4. The molecule has 0 aliphatic rings. The van der Waals surface area contributed by atoms with Crippen molar-refractivity contribution in [2.45, 2.75) is 11.9 Å². The van der Waals surface area contributed by atoms with Gasteiger partial charge in [-0.1, -0.05) is 48.0 Å². The van der Waals surface area contributed by atoms with Gasteiger partial charge in [-0.25, -0.2) is 9.18 Å². The van der Waals surface area contributed by atoms with Crippen LogP contribution in [0.15, 0.2) is 66.2 Å². The molecule has 0 bridgehead atoms. The predicted molar refractivity (Wildman–Crippen MR) is 94.2 cm³/mol. The summed E-state index contributed by atoms with van der Waals surface area (Å²) in [4.78, 5) is 16.4. The van der Waals surface area contributed by atoms with Crippen molar-refractivity contribution in [2.24, 2.45) is 4.99 Å². The van der Waals surface area contributed by atoms with E-state index in [0.29, 0.717) is 10.6 Å². The van der Waals surface area contributed by atoms with Gasteiger partial charge in [0, 0.05) is 17.2 Å². The van der Waals surface area contributed by atoms with Crippen molar-refractivity contribution in [3.8, 4) is 0 Å². The topological polar surface area (TPSA) is 38.7 Å². The van der Waals surface area contributed by atoms with E-state index in [1.54, 1.807) is 30.3 Å². The second-order valence-electron chi connectivity index (χ2n) is 4.92. The van der Waals surface area contributed by atoms with Crippen molar-refractivity contribution in [1.29, 1.82) is 0 Å². The van der Waals surface area contributed by atoms with Crippen LogP contribution in [0.4, 0.5) is 4.39 Å². The fourth-order valence-electron chi connectivity index (χ4n) is 2.17. The maximum absolute atomic E-state index is 14.2. The molecule has 0 aliphatic carbocycles. The van der Waals surface area contributed by atoms with Crippen LogP contribution in [-0.4, -0.2) is 25.3 Å². The van der Waals surface area contributed by atoms with E-state index in [1.165, 1.54) is 30.5 Å². The van der Waals surface area contributed by atoms with Crippen LogP contribution in [0.5, 0.6) is 0 Å². The smallest absolute Gasteiger partial charge is 0.331 e. The molecule has 0 amide bonds. The van der Waals surface area contributed by atoms with Gasteiger partial charge >= 0.3 is 5.97 Å². The Labute approximate surface area is 146 Å². The Morgan fingerprint density at radius 3 is 2.58 bits per heavy atom. The van der Waals surface area contributed by atoms with Crippen LogP contribution in [-0.2, 0) is 9.53 Å². The van der Waals surface area contributed by atoms with Crippen molar-refractivity contribution in [3.05, 3.63) is 83.2 Å². The molecule has 2 aromatic carbocycles. The number of hydrogen-bond acceptors (Lipinski definition) is 3. The van der Waals surface area contributed by atoms with Crippen LogP contribution in [0.3, 0.4) is 0 Å². The quantitative estimate of drug-likeness (QED) is 0.441. The van der Waals surface area contributed by atoms with Gasteiger partial charge in [-0.05, 0) is 29.3 Å². The maximum Gasteiger partial charge on any atom is 0.331 e. The van der Waals surface area contributed by atoms with Crippen LogP contribution in [0.2, 0.25) is 5.02 Å². The number of nitrogens with zero attached hydrogens (tertiary/aromatic N) is 1. The van der Waals surface area contributed by atoms with Crippen LogP contribution in [0.25, 0.3) is 0 Å². The van der Waals surface area contributed by atoms with Gasteiger partial charge in [-0.2, -0.15) is 0 Å². The molecule has 0 saturated heterocycles. The lowest BCUT2D eigenvalue weighted by molar-refractivity contribution is -0.142. The van der Waals surface area contributed by atoms with Gasteiger partial charge in [-0.3, -0.25) is 4.99 Å². The molecular weight excluding hydrogens is 329 g/mol.